The standard InChI is InChI=1S/C21H34N4O3/c1-6-16-11-19(22-23(16)5)21(27)25-17-7-8-18(25)12-24(10-9-17)20(26)15(4)28-13-14(2)3/h11,14-15,17-18H,6-10,12-13H2,1-5H3. The van der Waals surface area contributed by atoms with Crippen LogP contribution in [0.4, 0.5) is 0 Å². The van der Waals surface area contributed by atoms with Gasteiger partial charge < -0.3 is 14.5 Å². The highest BCUT2D eigenvalue weighted by Gasteiger charge is 2.42. The van der Waals surface area contributed by atoms with Crippen LogP contribution in [-0.4, -0.2) is 69.3 Å². The van der Waals surface area contributed by atoms with Crippen molar-refractivity contribution in [2.45, 2.75) is 71.6 Å². The maximum Gasteiger partial charge on any atom is 0.274 e. The number of ether oxygens (including phenoxy) is 1. The molecule has 7 nitrogen and oxygen atoms in total. The second kappa shape index (κ2) is 8.64. The summed E-state index contributed by atoms with van der Waals surface area (Å²) in [5.74, 6) is 0.433. The largest absolute Gasteiger partial charge is 0.368 e. The van der Waals surface area contributed by atoms with Gasteiger partial charge in [0.05, 0.1) is 6.04 Å². The summed E-state index contributed by atoms with van der Waals surface area (Å²) in [6.45, 7) is 9.90. The van der Waals surface area contributed by atoms with Crippen LogP contribution in [0, 0.1) is 5.92 Å². The van der Waals surface area contributed by atoms with E-state index >= 15 is 0 Å². The monoisotopic (exact) mass is 390 g/mol. The molecule has 1 aromatic rings. The van der Waals surface area contributed by atoms with Crippen LogP contribution in [0.15, 0.2) is 6.07 Å². The van der Waals surface area contributed by atoms with Crippen molar-refractivity contribution in [1.82, 2.24) is 19.6 Å². The summed E-state index contributed by atoms with van der Waals surface area (Å²) in [5, 5.41) is 4.43. The fourth-order valence-corrected chi connectivity index (χ4v) is 4.34. The molecule has 3 unspecified atom stereocenters. The SMILES string of the molecule is CCc1cc(C(=O)N2C3CCC2CN(C(=O)C(C)OCC(C)C)CC3)nn1C. The summed E-state index contributed by atoms with van der Waals surface area (Å²) in [7, 11) is 1.88. The topological polar surface area (TPSA) is 67.7 Å². The van der Waals surface area contributed by atoms with Crippen LogP contribution >= 0.6 is 0 Å². The van der Waals surface area contributed by atoms with E-state index in [9.17, 15) is 9.59 Å². The Kier molecular flexibility index (Phi) is 6.43. The van der Waals surface area contributed by atoms with Crippen LogP contribution in [-0.2, 0) is 23.0 Å². The molecule has 2 aliphatic heterocycles. The minimum absolute atomic E-state index is 0.00112. The lowest BCUT2D eigenvalue weighted by molar-refractivity contribution is -0.143. The molecule has 2 aliphatic rings. The summed E-state index contributed by atoms with van der Waals surface area (Å²) in [5.41, 5.74) is 1.57. The second-order valence-corrected chi connectivity index (χ2v) is 8.54. The van der Waals surface area contributed by atoms with Gasteiger partial charge in [0.15, 0.2) is 5.69 Å². The van der Waals surface area contributed by atoms with Gasteiger partial charge in [-0.3, -0.25) is 14.3 Å². The molecule has 7 heteroatoms. The number of nitrogens with zero attached hydrogens (tertiary/aromatic N) is 4. The van der Waals surface area contributed by atoms with Gasteiger partial charge in [-0.1, -0.05) is 20.8 Å². The number of likely N-dealkylation sites (tertiary alicyclic amines) is 1. The van der Waals surface area contributed by atoms with Crippen molar-refractivity contribution in [3.8, 4) is 0 Å². The molecule has 2 bridgehead atoms. The van der Waals surface area contributed by atoms with Crippen molar-refractivity contribution in [1.29, 1.82) is 0 Å². The van der Waals surface area contributed by atoms with Crippen LogP contribution in [0.1, 0.15) is 63.1 Å². The molecule has 0 radical (unpaired) electrons. The average Bonchev–Trinajstić information content (AvgIpc) is 3.17. The Balaban J connectivity index is 1.70. The van der Waals surface area contributed by atoms with Gasteiger partial charge in [-0.2, -0.15) is 5.10 Å². The minimum atomic E-state index is -0.439. The van der Waals surface area contributed by atoms with E-state index in [1.165, 1.54) is 0 Å². The van der Waals surface area contributed by atoms with Crippen molar-refractivity contribution in [3.05, 3.63) is 17.5 Å². The van der Waals surface area contributed by atoms with Crippen molar-refractivity contribution >= 4 is 11.8 Å². The zero-order chi connectivity index (χ0) is 20.4. The van der Waals surface area contributed by atoms with Crippen molar-refractivity contribution < 1.29 is 14.3 Å². The minimum Gasteiger partial charge on any atom is -0.368 e. The molecular weight excluding hydrogens is 356 g/mol. The van der Waals surface area contributed by atoms with Gasteiger partial charge in [-0.15, -0.1) is 0 Å². The Bertz CT molecular complexity index is 715. The Morgan fingerprint density at radius 3 is 2.57 bits per heavy atom. The Labute approximate surface area is 168 Å². The molecular formula is C21H34N4O3. The fraction of sp³-hybridized carbons (Fsp3) is 0.762. The second-order valence-electron chi connectivity index (χ2n) is 8.54. The van der Waals surface area contributed by atoms with E-state index in [1.807, 2.05) is 29.8 Å². The van der Waals surface area contributed by atoms with Gasteiger partial charge in [0.2, 0.25) is 0 Å². The van der Waals surface area contributed by atoms with Crippen LogP contribution < -0.4 is 0 Å². The Hall–Kier alpha value is -1.89. The molecule has 3 rings (SSSR count). The maximum atomic E-state index is 13.2. The van der Waals surface area contributed by atoms with Gasteiger partial charge in [0.1, 0.15) is 6.10 Å². The van der Waals surface area contributed by atoms with Gasteiger partial charge in [-0.25, -0.2) is 0 Å². The number of hydrogen-bond acceptors (Lipinski definition) is 4. The fourth-order valence-electron chi connectivity index (χ4n) is 4.34. The van der Waals surface area contributed by atoms with E-state index in [0.29, 0.717) is 31.3 Å². The van der Waals surface area contributed by atoms with Gasteiger partial charge >= 0.3 is 0 Å². The Morgan fingerprint density at radius 1 is 1.21 bits per heavy atom. The molecule has 0 aromatic carbocycles. The van der Waals surface area contributed by atoms with Crippen molar-refractivity contribution in [3.63, 3.8) is 0 Å². The van der Waals surface area contributed by atoms with Gasteiger partial charge in [-0.05, 0) is 44.6 Å². The Morgan fingerprint density at radius 2 is 1.93 bits per heavy atom. The molecule has 3 atom stereocenters. The highest BCUT2D eigenvalue weighted by atomic mass is 16.5. The summed E-state index contributed by atoms with van der Waals surface area (Å²) < 4.78 is 7.51. The highest BCUT2D eigenvalue weighted by Crippen LogP contribution is 2.32. The number of carbonyl (C=O) groups is 2. The lowest BCUT2D eigenvalue weighted by Gasteiger charge is -2.29. The van der Waals surface area contributed by atoms with Crippen LogP contribution in [0.2, 0.25) is 0 Å². The summed E-state index contributed by atoms with van der Waals surface area (Å²) in [6, 6.07) is 2.15. The first-order valence-electron chi connectivity index (χ1n) is 10.6. The van der Waals surface area contributed by atoms with E-state index in [1.54, 1.807) is 4.68 Å². The zero-order valence-electron chi connectivity index (χ0n) is 17.9. The molecule has 0 aliphatic carbocycles. The van der Waals surface area contributed by atoms with Crippen LogP contribution in [0.3, 0.4) is 0 Å². The normalized spacial score (nSPS) is 23.2. The van der Waals surface area contributed by atoms with Crippen molar-refractivity contribution in [2.24, 2.45) is 13.0 Å². The summed E-state index contributed by atoms with van der Waals surface area (Å²) in [4.78, 5) is 29.9. The molecule has 1 aromatic heterocycles. The molecule has 2 amide bonds. The molecule has 0 spiro atoms. The summed E-state index contributed by atoms with van der Waals surface area (Å²) in [6.07, 6.45) is 3.17. The smallest absolute Gasteiger partial charge is 0.274 e. The van der Waals surface area contributed by atoms with Gasteiger partial charge in [0, 0.05) is 38.5 Å². The zero-order valence-corrected chi connectivity index (χ0v) is 17.9. The first-order valence-corrected chi connectivity index (χ1v) is 10.6. The lowest BCUT2D eigenvalue weighted by atomic mass is 10.1. The molecule has 0 N–H and O–H groups in total. The first kappa shape index (κ1) is 20.8. The maximum absolute atomic E-state index is 13.2. The number of fused-ring (bicyclic) bond motifs is 2. The van der Waals surface area contributed by atoms with Crippen LogP contribution in [0.25, 0.3) is 0 Å². The van der Waals surface area contributed by atoms with E-state index in [2.05, 4.69) is 25.9 Å². The predicted octanol–water partition coefficient (Wildman–Crippen LogP) is 2.25. The molecule has 2 fully saturated rings. The molecule has 28 heavy (non-hydrogen) atoms. The number of aryl methyl sites for hydroxylation is 2. The van der Waals surface area contributed by atoms with Crippen molar-refractivity contribution in [2.75, 3.05) is 19.7 Å². The number of aromatic nitrogens is 2. The van der Waals surface area contributed by atoms with Gasteiger partial charge in [0.25, 0.3) is 11.8 Å². The highest BCUT2D eigenvalue weighted by molar-refractivity contribution is 5.93. The number of amides is 2. The van der Waals surface area contributed by atoms with E-state index in [4.69, 9.17) is 4.74 Å². The summed E-state index contributed by atoms with van der Waals surface area (Å²) >= 11 is 0. The number of carbonyl (C=O) groups excluding carboxylic acids is 2. The number of hydrogen-bond donors (Lipinski definition) is 0. The lowest BCUT2D eigenvalue weighted by Crippen LogP contribution is -2.46. The average molecular weight is 391 g/mol. The molecule has 0 saturated carbocycles. The van der Waals surface area contributed by atoms with Crippen LogP contribution in [0.5, 0.6) is 0 Å². The number of rotatable bonds is 6. The molecule has 2 saturated heterocycles. The van der Waals surface area contributed by atoms with E-state index < -0.39 is 6.10 Å². The van der Waals surface area contributed by atoms with E-state index in [-0.39, 0.29) is 23.9 Å². The quantitative estimate of drug-likeness (QED) is 0.747. The molecule has 3 heterocycles. The third kappa shape index (κ3) is 4.24. The first-order chi connectivity index (χ1) is 13.3. The van der Waals surface area contributed by atoms with E-state index in [0.717, 1.165) is 31.4 Å². The third-order valence-corrected chi connectivity index (χ3v) is 5.91. The predicted molar refractivity (Wildman–Crippen MR) is 107 cm³/mol. The third-order valence-electron chi connectivity index (χ3n) is 5.91. The molecule has 156 valence electrons.